The molecule has 0 saturated carbocycles. The summed E-state index contributed by atoms with van der Waals surface area (Å²) in [5.41, 5.74) is 0. The Morgan fingerprint density at radius 1 is 0.889 bits per heavy atom. The molecule has 0 unspecified atom stereocenters. The lowest BCUT2D eigenvalue weighted by atomic mass is 10.1. The molecule has 18 heavy (non-hydrogen) atoms. The summed E-state index contributed by atoms with van der Waals surface area (Å²) >= 11 is 0. The van der Waals surface area contributed by atoms with Crippen LogP contribution in [-0.2, 0) is 0 Å². The molecule has 0 aliphatic heterocycles. The summed E-state index contributed by atoms with van der Waals surface area (Å²) in [7, 11) is -0.978. The molecule has 0 aliphatic carbocycles. The zero-order valence-corrected chi connectivity index (χ0v) is 11.7. The highest BCUT2D eigenvalue weighted by Crippen LogP contribution is 2.14. The van der Waals surface area contributed by atoms with Crippen LogP contribution in [0.25, 0.3) is 10.8 Å². The second kappa shape index (κ2) is 6.92. The Balaban J connectivity index is 0.00000162. The number of hydrogen-bond donors (Lipinski definition) is 0. The summed E-state index contributed by atoms with van der Waals surface area (Å²) < 4.78 is 0. The van der Waals surface area contributed by atoms with E-state index < -0.39 is 8.80 Å². The van der Waals surface area contributed by atoms with E-state index in [9.17, 15) is 0 Å². The van der Waals surface area contributed by atoms with Crippen molar-refractivity contribution in [3.63, 3.8) is 0 Å². The number of benzene rings is 2. The van der Waals surface area contributed by atoms with E-state index in [0.29, 0.717) is 0 Å². The van der Waals surface area contributed by atoms with Gasteiger partial charge < -0.3 is 0 Å². The van der Waals surface area contributed by atoms with E-state index in [2.05, 4.69) is 67.8 Å². The number of allylic oxidation sites excluding steroid dienone is 2. The molecule has 2 rings (SSSR count). The van der Waals surface area contributed by atoms with Crippen molar-refractivity contribution in [2.45, 2.75) is 12.1 Å². The predicted molar refractivity (Wildman–Crippen MR) is 83.2 cm³/mol. The lowest BCUT2D eigenvalue weighted by Crippen LogP contribution is -2.29. The lowest BCUT2D eigenvalue weighted by Gasteiger charge is -2.14. The summed E-state index contributed by atoms with van der Waals surface area (Å²) in [6.07, 6.45) is 4.12. The van der Waals surface area contributed by atoms with Crippen molar-refractivity contribution in [2.75, 3.05) is 0 Å². The van der Waals surface area contributed by atoms with Crippen LogP contribution in [0.5, 0.6) is 0 Å². The summed E-state index contributed by atoms with van der Waals surface area (Å²) in [5.74, 6) is 0. The molecule has 2 heteroatoms. The van der Waals surface area contributed by atoms with Crippen molar-refractivity contribution in [2.24, 2.45) is 0 Å². The predicted octanol–water partition coefficient (Wildman–Crippen LogP) is 3.80. The zero-order valence-electron chi connectivity index (χ0n) is 10.5. The Morgan fingerprint density at radius 3 is 2.17 bits per heavy atom. The minimum absolute atomic E-state index is 0. The minimum Gasteiger partial charge on any atom is -0.269 e. The molecule has 0 bridgehead atoms. The maximum absolute atomic E-state index is 3.89. The van der Waals surface area contributed by atoms with Gasteiger partial charge in [-0.25, -0.2) is 0 Å². The molecule has 0 heterocycles. The van der Waals surface area contributed by atoms with Crippen LogP contribution in [0.2, 0.25) is 12.1 Å². The van der Waals surface area contributed by atoms with E-state index in [0.717, 1.165) is 12.1 Å². The van der Waals surface area contributed by atoms with Crippen LogP contribution >= 0.6 is 0 Å². The number of hydrogen-bond acceptors (Lipinski definition) is 0. The van der Waals surface area contributed by atoms with Gasteiger partial charge in [-0.2, -0.15) is 0 Å². The molecule has 0 fully saturated rings. The molecule has 0 saturated heterocycles. The maximum atomic E-state index is 3.89. The van der Waals surface area contributed by atoms with Gasteiger partial charge in [0, 0.05) is 0 Å². The van der Waals surface area contributed by atoms with Crippen LogP contribution in [0.1, 0.15) is 0 Å². The molecule has 0 radical (unpaired) electrons. The zero-order chi connectivity index (χ0) is 12.1. The van der Waals surface area contributed by atoms with E-state index in [1.54, 1.807) is 5.19 Å². The van der Waals surface area contributed by atoms with Gasteiger partial charge in [0.15, 0.2) is 0 Å². The third-order valence-corrected chi connectivity index (χ3v) is 6.35. The highest BCUT2D eigenvalue weighted by molar-refractivity contribution is 6.76. The minimum atomic E-state index is -0.978. The average Bonchev–Trinajstić information content (AvgIpc) is 2.38. The van der Waals surface area contributed by atoms with Crippen molar-refractivity contribution in [3.8, 4) is 0 Å². The van der Waals surface area contributed by atoms with Crippen LogP contribution in [0, 0.1) is 0 Å². The van der Waals surface area contributed by atoms with Gasteiger partial charge in [0.1, 0.15) is 0 Å². The SMILES string of the molecule is C=CC[SiH](CC=C)c1cccc2ccccc12.F. The first kappa shape index (κ1) is 14.4. The highest BCUT2D eigenvalue weighted by atomic mass is 28.3. The van der Waals surface area contributed by atoms with Crippen LogP contribution in [-0.4, -0.2) is 8.80 Å². The fourth-order valence-corrected chi connectivity index (χ4v) is 4.95. The topological polar surface area (TPSA) is 0 Å². The first-order valence-corrected chi connectivity index (χ1v) is 8.27. The van der Waals surface area contributed by atoms with Gasteiger partial charge in [-0.3, -0.25) is 4.70 Å². The van der Waals surface area contributed by atoms with E-state index in [-0.39, 0.29) is 4.70 Å². The van der Waals surface area contributed by atoms with Crippen molar-refractivity contribution < 1.29 is 4.70 Å². The number of fused-ring (bicyclic) bond motifs is 1. The summed E-state index contributed by atoms with van der Waals surface area (Å²) in [4.78, 5) is 0. The Bertz CT molecular complexity index is 518. The molecule has 0 aromatic heterocycles. The van der Waals surface area contributed by atoms with Crippen molar-refractivity contribution in [3.05, 3.63) is 67.8 Å². The van der Waals surface area contributed by atoms with E-state index in [1.165, 1.54) is 10.8 Å². The first-order chi connectivity index (χ1) is 8.36. The monoisotopic (exact) mass is 258 g/mol. The Morgan fingerprint density at radius 2 is 1.50 bits per heavy atom. The summed E-state index contributed by atoms with van der Waals surface area (Å²) in [6.45, 7) is 7.78. The lowest BCUT2D eigenvalue weighted by molar-refractivity contribution is 1.11. The fourth-order valence-electron chi connectivity index (χ4n) is 2.36. The van der Waals surface area contributed by atoms with Crippen LogP contribution in [0.4, 0.5) is 4.70 Å². The quantitative estimate of drug-likeness (QED) is 0.565. The highest BCUT2D eigenvalue weighted by Gasteiger charge is 2.12. The molecule has 0 amide bonds. The second-order valence-corrected chi connectivity index (χ2v) is 7.27. The van der Waals surface area contributed by atoms with Crippen LogP contribution < -0.4 is 5.19 Å². The smallest absolute Gasteiger partial charge is 0.0790 e. The molecule has 2 aromatic carbocycles. The van der Waals surface area contributed by atoms with Gasteiger partial charge in [-0.1, -0.05) is 59.8 Å². The average molecular weight is 258 g/mol. The third-order valence-electron chi connectivity index (χ3n) is 3.17. The van der Waals surface area contributed by atoms with E-state index in [4.69, 9.17) is 0 Å². The van der Waals surface area contributed by atoms with E-state index in [1.807, 2.05) is 0 Å². The molecule has 0 N–H and O–H groups in total. The van der Waals surface area contributed by atoms with Gasteiger partial charge in [0.25, 0.3) is 0 Å². The maximum Gasteiger partial charge on any atom is 0.0790 e. The Hall–Kier alpha value is -1.67. The largest absolute Gasteiger partial charge is 0.269 e. The molecule has 0 aliphatic rings. The normalized spacial score (nSPS) is 10.1. The molecule has 0 nitrogen and oxygen atoms in total. The fraction of sp³-hybridized carbons (Fsp3) is 0.125. The molecule has 2 aromatic rings. The molecule has 0 atom stereocenters. The second-order valence-electron chi connectivity index (χ2n) is 4.31. The first-order valence-electron chi connectivity index (χ1n) is 6.06. The van der Waals surface area contributed by atoms with Gasteiger partial charge in [-0.15, -0.1) is 13.2 Å². The molecule has 94 valence electrons. The van der Waals surface area contributed by atoms with E-state index >= 15 is 0 Å². The van der Waals surface area contributed by atoms with Gasteiger partial charge in [0.05, 0.1) is 8.80 Å². The van der Waals surface area contributed by atoms with Gasteiger partial charge in [-0.05, 0) is 22.9 Å². The van der Waals surface area contributed by atoms with Crippen molar-refractivity contribution in [1.82, 2.24) is 0 Å². The number of halogens is 1. The van der Waals surface area contributed by atoms with Crippen molar-refractivity contribution in [1.29, 1.82) is 0 Å². The van der Waals surface area contributed by atoms with Crippen molar-refractivity contribution >= 4 is 24.8 Å². The van der Waals surface area contributed by atoms with Crippen LogP contribution in [0.3, 0.4) is 0 Å². The van der Waals surface area contributed by atoms with Gasteiger partial charge in [0.2, 0.25) is 0 Å². The van der Waals surface area contributed by atoms with Crippen LogP contribution in [0.15, 0.2) is 67.8 Å². The molecule has 0 spiro atoms. The Kier molecular flexibility index (Phi) is 5.53. The third kappa shape index (κ3) is 2.96. The number of rotatable bonds is 5. The Labute approximate surface area is 110 Å². The standard InChI is InChI=1S/C16H18Si.FH/c1-3-12-17(13-4-2)16-11-7-9-14-8-5-6-10-15(14)16;/h3-11,17H,1-2,12-13H2;1H. The molecular formula is C16H19FSi. The van der Waals surface area contributed by atoms with Gasteiger partial charge >= 0.3 is 0 Å². The summed E-state index contributed by atoms with van der Waals surface area (Å²) in [5, 5.41) is 4.30. The summed E-state index contributed by atoms with van der Waals surface area (Å²) in [6, 6.07) is 17.6. The molecular weight excluding hydrogens is 239 g/mol.